The minimum Gasteiger partial charge on any atom is -0.391 e. The average Bonchev–Trinajstić information content (AvgIpc) is 2.99. The summed E-state index contributed by atoms with van der Waals surface area (Å²) in [7, 11) is 1.90. The Morgan fingerprint density at radius 3 is 2.46 bits per heavy atom. The van der Waals surface area contributed by atoms with Crippen molar-refractivity contribution in [3.63, 3.8) is 0 Å². The highest BCUT2D eigenvalue weighted by atomic mass is 32.2. The van der Waals surface area contributed by atoms with Crippen LogP contribution in [0.5, 0.6) is 0 Å². The lowest BCUT2D eigenvalue weighted by Gasteiger charge is -2.44. The van der Waals surface area contributed by atoms with Gasteiger partial charge in [-0.3, -0.25) is 9.69 Å². The molecule has 2 aliphatic heterocycles. The number of likely N-dealkylation sites (N-methyl/N-ethyl adjacent to an activating group) is 1. The van der Waals surface area contributed by atoms with Crippen molar-refractivity contribution in [3.8, 4) is 0 Å². The van der Waals surface area contributed by atoms with Gasteiger partial charge in [0.15, 0.2) is 0 Å². The number of thioether (sulfide) groups is 1. The molecule has 9 atom stereocenters. The molecule has 0 aromatic rings. The zero-order valence-corrected chi connectivity index (χ0v) is 16.6. The van der Waals surface area contributed by atoms with Gasteiger partial charge in [0.25, 0.3) is 0 Å². The number of carbonyl (C=O) groups is 1. The summed E-state index contributed by atoms with van der Waals surface area (Å²) >= 11 is 1.19. The number of nitrogens with one attached hydrogen (secondary N) is 1. The second-order valence-electron chi connectivity index (χ2n) is 7.42. The van der Waals surface area contributed by atoms with Gasteiger partial charge in [0.2, 0.25) is 5.91 Å². The van der Waals surface area contributed by atoms with Crippen LogP contribution in [0.1, 0.15) is 26.7 Å². The largest absolute Gasteiger partial charge is 0.391 e. The number of likely N-dealkylation sites (tertiary alicyclic amines) is 1. The van der Waals surface area contributed by atoms with Gasteiger partial charge in [-0.25, -0.2) is 0 Å². The van der Waals surface area contributed by atoms with E-state index >= 15 is 0 Å². The van der Waals surface area contributed by atoms with Crippen LogP contribution < -0.4 is 5.32 Å². The minimum absolute atomic E-state index is 0.230. The molecule has 2 unspecified atom stereocenters. The van der Waals surface area contributed by atoms with Gasteiger partial charge >= 0.3 is 0 Å². The highest BCUT2D eigenvalue weighted by Gasteiger charge is 2.48. The van der Waals surface area contributed by atoms with Crippen LogP contribution in [0.4, 0.5) is 0 Å². The number of amides is 1. The minimum atomic E-state index is -1.42. The van der Waals surface area contributed by atoms with E-state index in [0.717, 1.165) is 19.4 Å². The third-order valence-electron chi connectivity index (χ3n) is 5.54. The first-order valence-electron chi connectivity index (χ1n) is 9.12. The maximum atomic E-state index is 12.8. The Morgan fingerprint density at radius 1 is 1.31 bits per heavy atom. The van der Waals surface area contributed by atoms with Gasteiger partial charge in [-0.1, -0.05) is 13.3 Å². The quantitative estimate of drug-likeness (QED) is 0.380. The number of ether oxygens (including phenoxy) is 1. The molecule has 1 amide bonds. The molecule has 0 aliphatic carbocycles. The van der Waals surface area contributed by atoms with Crippen LogP contribution in [0.2, 0.25) is 0 Å². The van der Waals surface area contributed by atoms with Crippen molar-refractivity contribution < 1.29 is 30.0 Å². The SMILES string of the molecule is CC[C@@H]1C[C@@H](C(=O)NC(C(C)O)[C@H]2O[C@H](SC)[C@H](O)[C@@H](O)[C@H]2O)N(C)C1. The summed E-state index contributed by atoms with van der Waals surface area (Å²) in [5, 5.41) is 43.4. The summed E-state index contributed by atoms with van der Waals surface area (Å²) in [6.45, 7) is 4.44. The molecule has 26 heavy (non-hydrogen) atoms. The highest BCUT2D eigenvalue weighted by molar-refractivity contribution is 7.99. The number of hydrogen-bond acceptors (Lipinski definition) is 8. The topological polar surface area (TPSA) is 122 Å². The van der Waals surface area contributed by atoms with E-state index in [-0.39, 0.29) is 11.9 Å². The predicted octanol–water partition coefficient (Wildman–Crippen LogP) is -1.25. The molecule has 0 aromatic carbocycles. The van der Waals surface area contributed by atoms with Gasteiger partial charge in [0.1, 0.15) is 29.9 Å². The van der Waals surface area contributed by atoms with Crippen LogP contribution in [0.25, 0.3) is 0 Å². The summed E-state index contributed by atoms with van der Waals surface area (Å²) in [6.07, 6.45) is -2.65. The lowest BCUT2D eigenvalue weighted by Crippen LogP contribution is -2.65. The highest BCUT2D eigenvalue weighted by Crippen LogP contribution is 2.30. The van der Waals surface area contributed by atoms with Crippen molar-refractivity contribution in [2.45, 2.75) is 74.7 Å². The molecular formula is C17H32N2O6S. The molecule has 0 spiro atoms. The number of aliphatic hydroxyl groups is 4. The van der Waals surface area contributed by atoms with E-state index in [1.54, 1.807) is 6.26 Å². The van der Waals surface area contributed by atoms with Gasteiger partial charge in [-0.15, -0.1) is 11.8 Å². The predicted molar refractivity (Wildman–Crippen MR) is 98.6 cm³/mol. The zero-order valence-electron chi connectivity index (χ0n) is 15.8. The smallest absolute Gasteiger partial charge is 0.237 e. The Labute approximate surface area is 158 Å². The van der Waals surface area contributed by atoms with Crippen LogP contribution in [-0.2, 0) is 9.53 Å². The van der Waals surface area contributed by atoms with Crippen molar-refractivity contribution >= 4 is 17.7 Å². The maximum absolute atomic E-state index is 12.8. The standard InChI is InChI=1S/C17H32N2O6S/c1-5-9-6-10(19(3)7-9)16(24)18-11(8(2)20)15-13(22)12(21)14(23)17(25-15)26-4/h8-15,17,20-23H,5-7H2,1-4H3,(H,18,24)/t8?,9-,10+,11?,12+,13-,14-,15-,17-/m1/s1. The molecule has 152 valence electrons. The van der Waals surface area contributed by atoms with Gasteiger partial charge in [-0.2, -0.15) is 0 Å². The number of hydrogen-bond donors (Lipinski definition) is 5. The number of rotatable bonds is 6. The lowest BCUT2D eigenvalue weighted by atomic mass is 9.92. The second-order valence-corrected chi connectivity index (χ2v) is 8.35. The first-order valence-corrected chi connectivity index (χ1v) is 10.4. The number of nitrogens with zero attached hydrogens (tertiary/aromatic N) is 1. The first kappa shape index (κ1) is 21.9. The summed E-state index contributed by atoms with van der Waals surface area (Å²) in [5.41, 5.74) is -0.754. The summed E-state index contributed by atoms with van der Waals surface area (Å²) in [5.74, 6) is 0.224. The summed E-state index contributed by atoms with van der Waals surface area (Å²) in [4.78, 5) is 14.8. The normalized spacial score (nSPS) is 41.0. The number of carbonyl (C=O) groups excluding carboxylic acids is 1. The molecule has 2 heterocycles. The second kappa shape index (κ2) is 9.18. The van der Waals surface area contributed by atoms with Crippen LogP contribution in [0, 0.1) is 5.92 Å². The Bertz CT molecular complexity index is 480. The van der Waals surface area contributed by atoms with E-state index in [9.17, 15) is 25.2 Å². The fourth-order valence-electron chi connectivity index (χ4n) is 3.81. The van der Waals surface area contributed by atoms with E-state index in [1.807, 2.05) is 11.9 Å². The molecule has 5 N–H and O–H groups in total. The van der Waals surface area contributed by atoms with Gasteiger partial charge < -0.3 is 30.5 Å². The summed E-state index contributed by atoms with van der Waals surface area (Å²) < 4.78 is 5.70. The molecule has 0 bridgehead atoms. The zero-order chi connectivity index (χ0) is 19.6. The average molecular weight is 393 g/mol. The monoisotopic (exact) mass is 392 g/mol. The third-order valence-corrected chi connectivity index (χ3v) is 6.39. The van der Waals surface area contributed by atoms with Crippen LogP contribution >= 0.6 is 11.8 Å². The molecule has 2 rings (SSSR count). The molecule has 2 saturated heterocycles. The molecule has 2 fully saturated rings. The molecule has 0 saturated carbocycles. The van der Waals surface area contributed by atoms with Gasteiger partial charge in [-0.05, 0) is 32.6 Å². The van der Waals surface area contributed by atoms with E-state index in [0.29, 0.717) is 5.92 Å². The van der Waals surface area contributed by atoms with Crippen LogP contribution in [0.15, 0.2) is 0 Å². The van der Waals surface area contributed by atoms with Crippen LogP contribution in [0.3, 0.4) is 0 Å². The first-order chi connectivity index (χ1) is 12.2. The molecule has 2 aliphatic rings. The fraction of sp³-hybridized carbons (Fsp3) is 0.941. The third kappa shape index (κ3) is 4.52. The Kier molecular flexibility index (Phi) is 7.73. The molecule has 0 radical (unpaired) electrons. The van der Waals surface area contributed by atoms with Crippen LogP contribution in [-0.4, -0.2) is 99.1 Å². The lowest BCUT2D eigenvalue weighted by molar-refractivity contribution is -0.211. The molecular weight excluding hydrogens is 360 g/mol. The molecule has 8 nitrogen and oxygen atoms in total. The van der Waals surface area contributed by atoms with Gasteiger partial charge in [0.05, 0.1) is 18.2 Å². The van der Waals surface area contributed by atoms with Crippen molar-refractivity contribution in [2.24, 2.45) is 5.92 Å². The van der Waals surface area contributed by atoms with Crippen molar-refractivity contribution in [3.05, 3.63) is 0 Å². The Hall–Kier alpha value is -0.420. The van der Waals surface area contributed by atoms with E-state index < -0.39 is 42.0 Å². The van der Waals surface area contributed by atoms with E-state index in [4.69, 9.17) is 4.74 Å². The summed E-state index contributed by atoms with van der Waals surface area (Å²) in [6, 6.07) is -1.20. The number of aliphatic hydroxyl groups excluding tert-OH is 4. The molecule has 9 heteroatoms. The van der Waals surface area contributed by atoms with Crippen molar-refractivity contribution in [1.82, 2.24) is 10.2 Å². The molecule has 0 aromatic heterocycles. The Balaban J connectivity index is 2.11. The fourth-order valence-corrected chi connectivity index (χ4v) is 4.49. The van der Waals surface area contributed by atoms with Crippen molar-refractivity contribution in [1.29, 1.82) is 0 Å². The maximum Gasteiger partial charge on any atom is 0.237 e. The van der Waals surface area contributed by atoms with E-state index in [2.05, 4.69) is 12.2 Å². The van der Waals surface area contributed by atoms with Crippen molar-refractivity contribution in [2.75, 3.05) is 19.8 Å². The van der Waals surface area contributed by atoms with Gasteiger partial charge in [0, 0.05) is 6.54 Å². The van der Waals surface area contributed by atoms with E-state index in [1.165, 1.54) is 18.7 Å². The Morgan fingerprint density at radius 2 is 1.96 bits per heavy atom.